The lowest BCUT2D eigenvalue weighted by molar-refractivity contribution is -0.143. The van der Waals surface area contributed by atoms with Gasteiger partial charge in [-0.25, -0.2) is 4.79 Å². The third kappa shape index (κ3) is 8.50. The first-order valence-corrected chi connectivity index (χ1v) is 9.63. The second kappa shape index (κ2) is 11.3. The zero-order valence-corrected chi connectivity index (χ0v) is 16.9. The topological polar surface area (TPSA) is 83.5 Å². The standard InChI is InChI=1S/C20H37NO4/c1-7-11-20(6,12-8-2)17(22)10-9-16(19(24)25)21-18(23)15(5)13-14(3)4/h14-16H,7-13H2,1-6H3,(H,21,23)(H,24,25)/t15?,16-/m0/s1. The van der Waals surface area contributed by atoms with Crippen LogP contribution < -0.4 is 5.32 Å². The lowest BCUT2D eigenvalue weighted by Gasteiger charge is -2.28. The molecule has 0 aliphatic carbocycles. The lowest BCUT2D eigenvalue weighted by atomic mass is 9.76. The first-order valence-electron chi connectivity index (χ1n) is 9.63. The van der Waals surface area contributed by atoms with E-state index in [4.69, 9.17) is 0 Å². The van der Waals surface area contributed by atoms with E-state index in [0.29, 0.717) is 12.3 Å². The zero-order valence-electron chi connectivity index (χ0n) is 16.9. The van der Waals surface area contributed by atoms with Crippen molar-refractivity contribution in [2.45, 2.75) is 92.5 Å². The summed E-state index contributed by atoms with van der Waals surface area (Å²) in [5, 5.41) is 12.0. The van der Waals surface area contributed by atoms with Crippen LogP contribution in [-0.2, 0) is 14.4 Å². The average molecular weight is 356 g/mol. The molecule has 0 saturated carbocycles. The van der Waals surface area contributed by atoms with Gasteiger partial charge in [0.25, 0.3) is 0 Å². The molecule has 0 fully saturated rings. The van der Waals surface area contributed by atoms with Crippen molar-refractivity contribution in [1.29, 1.82) is 0 Å². The van der Waals surface area contributed by atoms with Crippen molar-refractivity contribution in [3.05, 3.63) is 0 Å². The summed E-state index contributed by atoms with van der Waals surface area (Å²) in [7, 11) is 0. The fourth-order valence-corrected chi connectivity index (χ4v) is 3.47. The first-order chi connectivity index (χ1) is 11.6. The van der Waals surface area contributed by atoms with Gasteiger partial charge in [-0.15, -0.1) is 0 Å². The Balaban J connectivity index is 4.79. The van der Waals surface area contributed by atoms with E-state index in [1.807, 2.05) is 20.8 Å². The maximum Gasteiger partial charge on any atom is 0.326 e. The van der Waals surface area contributed by atoms with Gasteiger partial charge in [0.05, 0.1) is 0 Å². The summed E-state index contributed by atoms with van der Waals surface area (Å²) in [6.45, 7) is 11.9. The molecule has 0 aromatic carbocycles. The number of carbonyl (C=O) groups is 3. The van der Waals surface area contributed by atoms with Gasteiger partial charge in [-0.05, 0) is 31.6 Å². The number of Topliss-reactive ketones (excluding diaryl/α,β-unsaturated/α-hetero) is 1. The van der Waals surface area contributed by atoms with Crippen LogP contribution in [0.3, 0.4) is 0 Å². The summed E-state index contributed by atoms with van der Waals surface area (Å²) < 4.78 is 0. The monoisotopic (exact) mass is 355 g/mol. The van der Waals surface area contributed by atoms with E-state index in [2.05, 4.69) is 19.2 Å². The zero-order chi connectivity index (χ0) is 19.6. The molecule has 5 nitrogen and oxygen atoms in total. The van der Waals surface area contributed by atoms with Crippen LogP contribution in [0, 0.1) is 17.3 Å². The third-order valence-electron chi connectivity index (χ3n) is 4.82. The predicted molar refractivity (Wildman–Crippen MR) is 100 cm³/mol. The third-order valence-corrected chi connectivity index (χ3v) is 4.82. The van der Waals surface area contributed by atoms with Gasteiger partial charge in [-0.2, -0.15) is 0 Å². The van der Waals surface area contributed by atoms with Crippen molar-refractivity contribution >= 4 is 17.7 Å². The fraction of sp³-hybridized carbons (Fsp3) is 0.850. The Bertz CT molecular complexity index is 439. The number of rotatable bonds is 13. The van der Waals surface area contributed by atoms with Crippen LogP contribution in [0.4, 0.5) is 0 Å². The summed E-state index contributed by atoms with van der Waals surface area (Å²) in [4.78, 5) is 36.3. The van der Waals surface area contributed by atoms with Crippen LogP contribution in [0.15, 0.2) is 0 Å². The lowest BCUT2D eigenvalue weighted by Crippen LogP contribution is -2.44. The minimum Gasteiger partial charge on any atom is -0.480 e. The first kappa shape index (κ1) is 23.6. The van der Waals surface area contributed by atoms with Crippen molar-refractivity contribution in [2.75, 3.05) is 0 Å². The molecule has 1 unspecified atom stereocenters. The molecule has 2 atom stereocenters. The Morgan fingerprint density at radius 3 is 1.96 bits per heavy atom. The Labute approximate surface area is 153 Å². The molecule has 0 spiro atoms. The summed E-state index contributed by atoms with van der Waals surface area (Å²) >= 11 is 0. The van der Waals surface area contributed by atoms with Crippen molar-refractivity contribution < 1.29 is 19.5 Å². The predicted octanol–water partition coefficient (Wildman–Crippen LogP) is 4.19. The maximum absolute atomic E-state index is 12.6. The van der Waals surface area contributed by atoms with E-state index in [9.17, 15) is 19.5 Å². The number of carbonyl (C=O) groups excluding carboxylic acids is 2. The second-order valence-corrected chi connectivity index (χ2v) is 7.95. The molecule has 2 N–H and O–H groups in total. The number of hydrogen-bond acceptors (Lipinski definition) is 3. The molecule has 0 heterocycles. The fourth-order valence-electron chi connectivity index (χ4n) is 3.47. The highest BCUT2D eigenvalue weighted by Gasteiger charge is 2.32. The molecule has 0 aromatic heterocycles. The van der Waals surface area contributed by atoms with Crippen LogP contribution in [-0.4, -0.2) is 28.8 Å². The molecule has 1 amide bonds. The number of carboxylic acid groups (broad SMARTS) is 1. The molecular formula is C20H37NO4. The van der Waals surface area contributed by atoms with Crippen LogP contribution in [0.2, 0.25) is 0 Å². The van der Waals surface area contributed by atoms with Gasteiger partial charge in [0, 0.05) is 17.8 Å². The number of ketones is 1. The SMILES string of the molecule is CCCC(C)(CCC)C(=O)CC[C@H](NC(=O)C(C)CC(C)C)C(=O)O. The molecule has 146 valence electrons. The maximum atomic E-state index is 12.6. The van der Waals surface area contributed by atoms with E-state index in [1.54, 1.807) is 6.92 Å². The van der Waals surface area contributed by atoms with Crippen molar-refractivity contribution in [3.8, 4) is 0 Å². The Morgan fingerprint density at radius 1 is 1.04 bits per heavy atom. The molecule has 25 heavy (non-hydrogen) atoms. The van der Waals surface area contributed by atoms with E-state index < -0.39 is 12.0 Å². The van der Waals surface area contributed by atoms with Gasteiger partial charge >= 0.3 is 5.97 Å². The van der Waals surface area contributed by atoms with Crippen molar-refractivity contribution in [1.82, 2.24) is 5.32 Å². The number of nitrogens with one attached hydrogen (secondary N) is 1. The van der Waals surface area contributed by atoms with Gasteiger partial charge in [-0.1, -0.05) is 54.4 Å². The van der Waals surface area contributed by atoms with Gasteiger partial charge in [0.15, 0.2) is 0 Å². The number of hydrogen-bond donors (Lipinski definition) is 2. The smallest absolute Gasteiger partial charge is 0.326 e. The molecular weight excluding hydrogens is 318 g/mol. The average Bonchev–Trinajstić information content (AvgIpc) is 2.50. The van der Waals surface area contributed by atoms with Gasteiger partial charge < -0.3 is 10.4 Å². The Hall–Kier alpha value is -1.39. The molecule has 0 bridgehead atoms. The molecule has 0 saturated heterocycles. The quantitative estimate of drug-likeness (QED) is 0.519. The minimum atomic E-state index is -1.08. The van der Waals surface area contributed by atoms with Crippen molar-refractivity contribution in [2.24, 2.45) is 17.3 Å². The minimum absolute atomic E-state index is 0.104. The summed E-state index contributed by atoms with van der Waals surface area (Å²) in [5.74, 6) is -1.09. The second-order valence-electron chi connectivity index (χ2n) is 7.95. The Kier molecular flexibility index (Phi) is 10.6. The van der Waals surface area contributed by atoms with E-state index >= 15 is 0 Å². The van der Waals surface area contributed by atoms with E-state index in [-0.39, 0.29) is 35.9 Å². The number of amides is 1. The summed E-state index contributed by atoms with van der Waals surface area (Å²) in [5.41, 5.74) is -0.387. The highest BCUT2D eigenvalue weighted by Crippen LogP contribution is 2.32. The normalized spacial score (nSPS) is 14.2. The largest absolute Gasteiger partial charge is 0.480 e. The summed E-state index contributed by atoms with van der Waals surface area (Å²) in [6.07, 6.45) is 4.53. The van der Waals surface area contributed by atoms with Crippen LogP contribution in [0.5, 0.6) is 0 Å². The number of carboxylic acids is 1. The Morgan fingerprint density at radius 2 is 1.56 bits per heavy atom. The molecule has 5 heteroatoms. The van der Waals surface area contributed by atoms with Crippen LogP contribution in [0.1, 0.15) is 86.5 Å². The van der Waals surface area contributed by atoms with Crippen molar-refractivity contribution in [3.63, 3.8) is 0 Å². The van der Waals surface area contributed by atoms with E-state index in [1.165, 1.54) is 0 Å². The van der Waals surface area contributed by atoms with Crippen LogP contribution >= 0.6 is 0 Å². The molecule has 0 radical (unpaired) electrons. The summed E-state index contributed by atoms with van der Waals surface area (Å²) in [6, 6.07) is -1.00. The number of aliphatic carboxylic acids is 1. The molecule has 0 rings (SSSR count). The molecule has 0 aliphatic heterocycles. The highest BCUT2D eigenvalue weighted by molar-refractivity contribution is 5.87. The van der Waals surface area contributed by atoms with Gasteiger partial charge in [0.1, 0.15) is 11.8 Å². The van der Waals surface area contributed by atoms with Gasteiger partial charge in [0.2, 0.25) is 5.91 Å². The van der Waals surface area contributed by atoms with Crippen LogP contribution in [0.25, 0.3) is 0 Å². The highest BCUT2D eigenvalue weighted by atomic mass is 16.4. The molecule has 0 aromatic rings. The molecule has 0 aliphatic rings. The van der Waals surface area contributed by atoms with Gasteiger partial charge in [-0.3, -0.25) is 9.59 Å². The van der Waals surface area contributed by atoms with E-state index in [0.717, 1.165) is 25.7 Å².